The van der Waals surface area contributed by atoms with Crippen LogP contribution in [-0.2, 0) is 0 Å². The van der Waals surface area contributed by atoms with Gasteiger partial charge in [0, 0.05) is 15.8 Å². The molecule has 1 fully saturated rings. The number of halogens is 1. The minimum atomic E-state index is 0. The number of hydrogen-bond acceptors (Lipinski definition) is 2. The molecule has 0 bridgehead atoms. The third-order valence-corrected chi connectivity index (χ3v) is 4.10. The summed E-state index contributed by atoms with van der Waals surface area (Å²) in [7, 11) is 0. The number of thiophene rings is 1. The van der Waals surface area contributed by atoms with E-state index in [9.17, 15) is 0 Å². The fraction of sp³-hybridized carbons (Fsp3) is 0.636. The second-order valence-electron chi connectivity index (χ2n) is 4.02. The number of hydrogen-bond donors (Lipinski definition) is 1. The maximum absolute atomic E-state index is 6.22. The van der Waals surface area contributed by atoms with Gasteiger partial charge in [-0.05, 0) is 37.8 Å². The first-order valence-corrected chi connectivity index (χ1v) is 5.91. The first-order chi connectivity index (χ1) is 6.27. The molecule has 14 heavy (non-hydrogen) atoms. The summed E-state index contributed by atoms with van der Waals surface area (Å²) in [5.74, 6) is 0.748. The highest BCUT2D eigenvalue weighted by Crippen LogP contribution is 2.36. The molecule has 1 saturated carbocycles. The molecule has 1 heterocycles. The summed E-state index contributed by atoms with van der Waals surface area (Å²) in [6.07, 6.45) is 5.42. The molecule has 0 spiro atoms. The quantitative estimate of drug-likeness (QED) is 0.826. The van der Waals surface area contributed by atoms with Gasteiger partial charge in [-0.15, -0.1) is 23.7 Å². The molecule has 0 radical (unpaired) electrons. The Bertz CT molecular complexity index is 279. The highest BCUT2D eigenvalue weighted by atomic mass is 35.5. The van der Waals surface area contributed by atoms with Crippen LogP contribution in [0.3, 0.4) is 0 Å². The van der Waals surface area contributed by atoms with Crippen molar-refractivity contribution >= 4 is 23.7 Å². The Morgan fingerprint density at radius 1 is 1.36 bits per heavy atom. The lowest BCUT2D eigenvalue weighted by molar-refractivity contribution is 0.450. The summed E-state index contributed by atoms with van der Waals surface area (Å²) in [4.78, 5) is 2.76. The van der Waals surface area contributed by atoms with Gasteiger partial charge in [0.25, 0.3) is 0 Å². The molecule has 1 aromatic rings. The normalized spacial score (nSPS) is 19.3. The molecule has 2 N–H and O–H groups in total. The van der Waals surface area contributed by atoms with Crippen LogP contribution in [0.5, 0.6) is 0 Å². The van der Waals surface area contributed by atoms with Gasteiger partial charge in [-0.2, -0.15) is 0 Å². The minimum Gasteiger partial charge on any atom is -0.323 e. The van der Waals surface area contributed by atoms with Crippen LogP contribution in [0.15, 0.2) is 12.1 Å². The average molecular weight is 232 g/mol. The second-order valence-corrected chi connectivity index (χ2v) is 5.34. The van der Waals surface area contributed by atoms with Crippen LogP contribution in [0.4, 0.5) is 0 Å². The van der Waals surface area contributed by atoms with E-state index in [-0.39, 0.29) is 12.4 Å². The van der Waals surface area contributed by atoms with E-state index in [0.29, 0.717) is 6.04 Å². The third-order valence-electron chi connectivity index (χ3n) is 3.00. The van der Waals surface area contributed by atoms with Crippen molar-refractivity contribution in [3.05, 3.63) is 21.9 Å². The monoisotopic (exact) mass is 231 g/mol. The van der Waals surface area contributed by atoms with Gasteiger partial charge in [0.05, 0.1) is 0 Å². The van der Waals surface area contributed by atoms with Crippen molar-refractivity contribution in [1.29, 1.82) is 0 Å². The van der Waals surface area contributed by atoms with Gasteiger partial charge in [-0.3, -0.25) is 0 Å². The zero-order chi connectivity index (χ0) is 9.26. The predicted molar refractivity (Wildman–Crippen MR) is 65.2 cm³/mol. The van der Waals surface area contributed by atoms with Gasteiger partial charge in [0.1, 0.15) is 0 Å². The molecule has 0 saturated heterocycles. The topological polar surface area (TPSA) is 26.0 Å². The molecule has 80 valence electrons. The zero-order valence-electron chi connectivity index (χ0n) is 8.53. The van der Waals surface area contributed by atoms with Gasteiger partial charge in [-0.1, -0.05) is 12.8 Å². The Balaban J connectivity index is 0.000000980. The molecule has 0 unspecified atom stereocenters. The van der Waals surface area contributed by atoms with Gasteiger partial charge < -0.3 is 5.73 Å². The van der Waals surface area contributed by atoms with E-state index in [0.717, 1.165) is 5.92 Å². The summed E-state index contributed by atoms with van der Waals surface area (Å²) >= 11 is 1.86. The van der Waals surface area contributed by atoms with E-state index < -0.39 is 0 Å². The lowest BCUT2D eigenvalue weighted by Crippen LogP contribution is -2.17. The molecule has 1 aromatic heterocycles. The van der Waals surface area contributed by atoms with Crippen molar-refractivity contribution < 1.29 is 0 Å². The molecule has 1 atom stereocenters. The van der Waals surface area contributed by atoms with Crippen molar-refractivity contribution in [2.24, 2.45) is 11.7 Å². The Kier molecular flexibility index (Phi) is 4.42. The molecule has 2 rings (SSSR count). The van der Waals surface area contributed by atoms with E-state index in [1.165, 1.54) is 35.4 Å². The Labute approximate surface area is 96.1 Å². The maximum Gasteiger partial charge on any atom is 0.0418 e. The van der Waals surface area contributed by atoms with Crippen LogP contribution in [0.2, 0.25) is 0 Å². The van der Waals surface area contributed by atoms with Crippen molar-refractivity contribution in [2.75, 3.05) is 0 Å². The van der Waals surface area contributed by atoms with Crippen LogP contribution in [0.1, 0.15) is 41.5 Å². The predicted octanol–water partition coefficient (Wildman–Crippen LogP) is 3.67. The van der Waals surface area contributed by atoms with Gasteiger partial charge in [0.15, 0.2) is 0 Å². The second kappa shape index (κ2) is 5.15. The van der Waals surface area contributed by atoms with Crippen molar-refractivity contribution in [3.8, 4) is 0 Å². The van der Waals surface area contributed by atoms with E-state index in [2.05, 4.69) is 19.1 Å². The lowest BCUT2D eigenvalue weighted by atomic mass is 9.98. The molecule has 0 aromatic carbocycles. The molecule has 0 amide bonds. The van der Waals surface area contributed by atoms with Crippen molar-refractivity contribution in [1.82, 2.24) is 0 Å². The first kappa shape index (κ1) is 12.0. The summed E-state index contributed by atoms with van der Waals surface area (Å²) in [6.45, 7) is 2.15. The number of nitrogens with two attached hydrogens (primary N) is 1. The SMILES string of the molecule is Cc1ccc([C@@H](N)C2CCCC2)s1.Cl. The summed E-state index contributed by atoms with van der Waals surface area (Å²) < 4.78 is 0. The van der Waals surface area contributed by atoms with E-state index >= 15 is 0 Å². The lowest BCUT2D eigenvalue weighted by Gasteiger charge is -2.16. The smallest absolute Gasteiger partial charge is 0.0418 e. The molecular weight excluding hydrogens is 214 g/mol. The molecule has 0 aliphatic heterocycles. The van der Waals surface area contributed by atoms with E-state index in [1.807, 2.05) is 11.3 Å². The summed E-state index contributed by atoms with van der Waals surface area (Å²) in [6, 6.07) is 4.68. The summed E-state index contributed by atoms with van der Waals surface area (Å²) in [5.41, 5.74) is 6.22. The molecule has 1 aliphatic carbocycles. The fourth-order valence-electron chi connectivity index (χ4n) is 2.18. The van der Waals surface area contributed by atoms with Crippen LogP contribution in [-0.4, -0.2) is 0 Å². The highest BCUT2D eigenvalue weighted by molar-refractivity contribution is 7.12. The molecule has 1 nitrogen and oxygen atoms in total. The van der Waals surface area contributed by atoms with Gasteiger partial charge in [-0.25, -0.2) is 0 Å². The Morgan fingerprint density at radius 2 is 2.00 bits per heavy atom. The first-order valence-electron chi connectivity index (χ1n) is 5.09. The molecule has 3 heteroatoms. The fourth-order valence-corrected chi connectivity index (χ4v) is 3.15. The Hall–Kier alpha value is -0.0500. The van der Waals surface area contributed by atoms with Crippen molar-refractivity contribution in [2.45, 2.75) is 38.6 Å². The minimum absolute atomic E-state index is 0. The van der Waals surface area contributed by atoms with Crippen LogP contribution < -0.4 is 5.73 Å². The van der Waals surface area contributed by atoms with E-state index in [1.54, 1.807) is 0 Å². The largest absolute Gasteiger partial charge is 0.323 e. The highest BCUT2D eigenvalue weighted by Gasteiger charge is 2.23. The Morgan fingerprint density at radius 3 is 2.50 bits per heavy atom. The molecular formula is C11H18ClNS. The standard InChI is InChI=1S/C11H17NS.ClH/c1-8-6-7-10(13-8)11(12)9-4-2-3-5-9;/h6-7,9,11H,2-5,12H2,1H3;1H/t11-;/m0./s1. The van der Waals surface area contributed by atoms with Gasteiger partial charge >= 0.3 is 0 Å². The third kappa shape index (κ3) is 2.50. The van der Waals surface area contributed by atoms with Crippen LogP contribution in [0, 0.1) is 12.8 Å². The number of aryl methyl sites for hydroxylation is 1. The number of rotatable bonds is 2. The average Bonchev–Trinajstić information content (AvgIpc) is 2.72. The van der Waals surface area contributed by atoms with E-state index in [4.69, 9.17) is 5.73 Å². The van der Waals surface area contributed by atoms with Crippen LogP contribution >= 0.6 is 23.7 Å². The summed E-state index contributed by atoms with van der Waals surface area (Å²) in [5, 5.41) is 0. The zero-order valence-corrected chi connectivity index (χ0v) is 10.2. The maximum atomic E-state index is 6.22. The van der Waals surface area contributed by atoms with Crippen molar-refractivity contribution in [3.63, 3.8) is 0 Å². The van der Waals surface area contributed by atoms with Crippen LogP contribution in [0.25, 0.3) is 0 Å². The molecule has 1 aliphatic rings. The van der Waals surface area contributed by atoms with Gasteiger partial charge in [0.2, 0.25) is 0 Å².